The van der Waals surface area contributed by atoms with Crippen LogP contribution in [-0.2, 0) is 10.2 Å². The molecule has 1 aromatic heterocycles. The maximum absolute atomic E-state index is 13.4. The van der Waals surface area contributed by atoms with Crippen LogP contribution >= 0.6 is 12.1 Å². The molecule has 0 aromatic carbocycles. The van der Waals surface area contributed by atoms with Crippen LogP contribution < -0.4 is 10.2 Å². The minimum absolute atomic E-state index is 0.291. The van der Waals surface area contributed by atoms with Crippen molar-refractivity contribution in [3.05, 3.63) is 11.8 Å². The van der Waals surface area contributed by atoms with Crippen molar-refractivity contribution in [3.8, 4) is 0 Å². The summed E-state index contributed by atoms with van der Waals surface area (Å²) in [6, 6.07) is 0.693. The Labute approximate surface area is 207 Å². The molecule has 6 aliphatic rings. The number of carbonyl (C=O) groups excluding carboxylic acids is 1. The van der Waals surface area contributed by atoms with Gasteiger partial charge in [-0.1, -0.05) is 13.3 Å². The Balaban J connectivity index is 0.979. The van der Waals surface area contributed by atoms with Gasteiger partial charge in [0.2, 0.25) is 11.9 Å². The standard InChI is InChI=1S/C25H37N7OS/c1-17-4-3-5-20(17)32-21-19(25(8-9-25)22(32)33)12-26-23(28-21)27-18-6-10-30(11-7-18)34-31-15-24(16-31)13-29(2)14-24/h12,17-18,20H,3-11,13-16H2,1-2H3,(H,26,27,28). The van der Waals surface area contributed by atoms with Gasteiger partial charge in [-0.2, -0.15) is 4.98 Å². The highest BCUT2D eigenvalue weighted by Crippen LogP contribution is 2.58. The first-order valence-electron chi connectivity index (χ1n) is 13.3. The first kappa shape index (κ1) is 21.8. The second kappa shape index (κ2) is 7.79. The summed E-state index contributed by atoms with van der Waals surface area (Å²) in [4.78, 5) is 27.6. The SMILES string of the molecule is CC1CCCC1N1C(=O)C2(CC2)c2cnc(NC3CCN(SN4CC5(CN(C)C5)C4)CC3)nc21. The molecular formula is C25H37N7OS. The van der Waals surface area contributed by atoms with Gasteiger partial charge in [-0.05, 0) is 51.5 Å². The molecule has 4 aliphatic heterocycles. The predicted molar refractivity (Wildman–Crippen MR) is 135 cm³/mol. The van der Waals surface area contributed by atoms with E-state index in [4.69, 9.17) is 9.97 Å². The smallest absolute Gasteiger partial charge is 0.239 e. The Kier molecular flexibility index (Phi) is 5.00. The summed E-state index contributed by atoms with van der Waals surface area (Å²) in [5.41, 5.74) is 1.37. The van der Waals surface area contributed by atoms with E-state index >= 15 is 0 Å². The van der Waals surface area contributed by atoms with Crippen molar-refractivity contribution in [2.75, 3.05) is 56.5 Å². The summed E-state index contributed by atoms with van der Waals surface area (Å²) >= 11 is 1.95. The third kappa shape index (κ3) is 3.41. The zero-order chi connectivity index (χ0) is 23.1. The topological polar surface area (TPSA) is 67.8 Å². The van der Waals surface area contributed by atoms with Crippen LogP contribution in [0.4, 0.5) is 11.8 Å². The average molecular weight is 484 g/mol. The molecule has 9 heteroatoms. The number of likely N-dealkylation sites (tertiary alicyclic amines) is 1. The normalized spacial score (nSPS) is 32.8. The summed E-state index contributed by atoms with van der Waals surface area (Å²) in [6.45, 7) is 9.47. The van der Waals surface area contributed by atoms with Crippen molar-refractivity contribution >= 4 is 29.8 Å². The van der Waals surface area contributed by atoms with E-state index in [-0.39, 0.29) is 5.41 Å². The van der Waals surface area contributed by atoms with E-state index in [2.05, 4.69) is 37.7 Å². The molecule has 1 amide bonds. The third-order valence-electron chi connectivity index (χ3n) is 9.29. The molecule has 2 saturated carbocycles. The van der Waals surface area contributed by atoms with Crippen molar-refractivity contribution in [1.29, 1.82) is 0 Å². The number of nitrogens with zero attached hydrogens (tertiary/aromatic N) is 6. The minimum Gasteiger partial charge on any atom is -0.351 e. The number of aromatic nitrogens is 2. The van der Waals surface area contributed by atoms with Crippen LogP contribution in [0.25, 0.3) is 0 Å². The Morgan fingerprint density at radius 2 is 1.82 bits per heavy atom. The average Bonchev–Trinajstić information content (AvgIpc) is 3.43. The molecule has 1 N–H and O–H groups in total. The van der Waals surface area contributed by atoms with Gasteiger partial charge in [0.25, 0.3) is 0 Å². The van der Waals surface area contributed by atoms with E-state index < -0.39 is 0 Å². The fourth-order valence-corrected chi connectivity index (χ4v) is 8.68. The number of nitrogens with one attached hydrogen (secondary N) is 1. The fourth-order valence-electron chi connectivity index (χ4n) is 7.32. The van der Waals surface area contributed by atoms with Crippen LogP contribution in [0.1, 0.15) is 57.4 Å². The summed E-state index contributed by atoms with van der Waals surface area (Å²) in [5.74, 6) is 2.44. The summed E-state index contributed by atoms with van der Waals surface area (Å²) < 4.78 is 5.06. The zero-order valence-corrected chi connectivity index (χ0v) is 21.3. The van der Waals surface area contributed by atoms with Gasteiger partial charge in [0.1, 0.15) is 5.82 Å². The van der Waals surface area contributed by atoms with Gasteiger partial charge in [0.15, 0.2) is 0 Å². The van der Waals surface area contributed by atoms with E-state index in [1.807, 2.05) is 18.3 Å². The van der Waals surface area contributed by atoms with Gasteiger partial charge >= 0.3 is 0 Å². The fraction of sp³-hybridized carbons (Fsp3) is 0.800. The van der Waals surface area contributed by atoms with Crippen LogP contribution in [-0.4, -0.2) is 87.8 Å². The quantitative estimate of drug-likeness (QED) is 0.642. The van der Waals surface area contributed by atoms with Crippen LogP contribution in [0.3, 0.4) is 0 Å². The number of hydrogen-bond donors (Lipinski definition) is 1. The molecule has 1 aromatic rings. The molecule has 2 aliphatic carbocycles. The Bertz CT molecular complexity index is 977. The van der Waals surface area contributed by atoms with Crippen LogP contribution in [0.15, 0.2) is 6.20 Å². The van der Waals surface area contributed by atoms with Gasteiger partial charge in [0.05, 0.1) is 5.41 Å². The Hall–Kier alpha value is -1.42. The van der Waals surface area contributed by atoms with Crippen molar-refractivity contribution in [2.45, 2.75) is 69.4 Å². The highest BCUT2D eigenvalue weighted by atomic mass is 32.2. The number of amides is 1. The van der Waals surface area contributed by atoms with Crippen molar-refractivity contribution in [3.63, 3.8) is 0 Å². The number of anilines is 2. The molecular weight excluding hydrogens is 446 g/mol. The lowest BCUT2D eigenvalue weighted by atomic mass is 9.75. The van der Waals surface area contributed by atoms with Crippen LogP contribution in [0.5, 0.6) is 0 Å². The monoisotopic (exact) mass is 483 g/mol. The van der Waals surface area contributed by atoms with Crippen molar-refractivity contribution in [1.82, 2.24) is 23.5 Å². The van der Waals surface area contributed by atoms with E-state index in [0.29, 0.717) is 35.3 Å². The maximum atomic E-state index is 13.4. The molecule has 7 rings (SSSR count). The van der Waals surface area contributed by atoms with Crippen molar-refractivity contribution in [2.24, 2.45) is 11.3 Å². The second-order valence-electron chi connectivity index (χ2n) is 12.1. The number of fused-ring (bicyclic) bond motifs is 2. The molecule has 5 fully saturated rings. The molecule has 2 spiro atoms. The molecule has 34 heavy (non-hydrogen) atoms. The first-order valence-corrected chi connectivity index (χ1v) is 14.0. The lowest BCUT2D eigenvalue weighted by Crippen LogP contribution is -2.69. The number of piperidine rings is 1. The number of hydrogen-bond acceptors (Lipinski definition) is 8. The highest BCUT2D eigenvalue weighted by molar-refractivity contribution is 7.94. The van der Waals surface area contributed by atoms with Gasteiger partial charge in [-0.25, -0.2) is 13.6 Å². The molecule has 8 nitrogen and oxygen atoms in total. The lowest BCUT2D eigenvalue weighted by molar-refractivity contribution is -0.120. The molecule has 2 atom stereocenters. The van der Waals surface area contributed by atoms with Crippen LogP contribution in [0.2, 0.25) is 0 Å². The molecule has 2 unspecified atom stereocenters. The molecule has 3 saturated heterocycles. The van der Waals surface area contributed by atoms with E-state index in [1.54, 1.807) is 0 Å². The van der Waals surface area contributed by atoms with E-state index in [9.17, 15) is 4.79 Å². The highest BCUT2D eigenvalue weighted by Gasteiger charge is 2.62. The maximum Gasteiger partial charge on any atom is 0.239 e. The summed E-state index contributed by atoms with van der Waals surface area (Å²) in [5, 5.41) is 3.62. The van der Waals surface area contributed by atoms with Gasteiger partial charge in [0, 0.05) is 80.7 Å². The number of carbonyl (C=O) groups is 1. The first-order chi connectivity index (χ1) is 16.4. The zero-order valence-electron chi connectivity index (χ0n) is 20.5. The molecule has 184 valence electrons. The van der Waals surface area contributed by atoms with Crippen LogP contribution in [0, 0.1) is 11.3 Å². The van der Waals surface area contributed by atoms with Gasteiger partial charge in [-0.15, -0.1) is 0 Å². The lowest BCUT2D eigenvalue weighted by Gasteiger charge is -2.59. The molecule has 5 heterocycles. The van der Waals surface area contributed by atoms with Crippen molar-refractivity contribution < 1.29 is 4.79 Å². The van der Waals surface area contributed by atoms with E-state index in [1.165, 1.54) is 39.0 Å². The number of rotatable bonds is 5. The second-order valence-corrected chi connectivity index (χ2v) is 13.3. The molecule has 0 bridgehead atoms. The van der Waals surface area contributed by atoms with E-state index in [0.717, 1.165) is 56.6 Å². The van der Waals surface area contributed by atoms with Gasteiger partial charge in [-0.3, -0.25) is 9.69 Å². The largest absolute Gasteiger partial charge is 0.351 e. The minimum atomic E-state index is -0.303. The molecule has 0 radical (unpaired) electrons. The predicted octanol–water partition coefficient (Wildman–Crippen LogP) is 2.73. The van der Waals surface area contributed by atoms with Gasteiger partial charge < -0.3 is 10.2 Å². The Morgan fingerprint density at radius 1 is 1.06 bits per heavy atom. The summed E-state index contributed by atoms with van der Waals surface area (Å²) in [7, 11) is 2.22. The Morgan fingerprint density at radius 3 is 2.47 bits per heavy atom. The third-order valence-corrected chi connectivity index (χ3v) is 10.4. The summed E-state index contributed by atoms with van der Waals surface area (Å²) in [6.07, 6.45) is 9.58.